The van der Waals surface area contributed by atoms with Crippen LogP contribution in [0.5, 0.6) is 0 Å². The van der Waals surface area contributed by atoms with Crippen molar-refractivity contribution in [2.45, 2.75) is 25.7 Å². The van der Waals surface area contributed by atoms with E-state index in [1.165, 1.54) is 0 Å². The topological polar surface area (TPSA) is 66.8 Å². The summed E-state index contributed by atoms with van der Waals surface area (Å²) in [6.07, 6.45) is 2.35. The fourth-order valence-electron chi connectivity index (χ4n) is 2.28. The van der Waals surface area contributed by atoms with Crippen molar-refractivity contribution in [2.24, 2.45) is 5.41 Å². The Hall–Kier alpha value is -1.10. The van der Waals surface area contributed by atoms with Crippen LogP contribution in [0.2, 0.25) is 0 Å². The molecule has 2 aliphatic rings. The van der Waals surface area contributed by atoms with Crippen LogP contribution in [0.15, 0.2) is 0 Å². The van der Waals surface area contributed by atoms with Gasteiger partial charge in [0.15, 0.2) is 0 Å². The van der Waals surface area contributed by atoms with Gasteiger partial charge in [0.1, 0.15) is 0 Å². The smallest absolute Gasteiger partial charge is 0.310 e. The maximum Gasteiger partial charge on any atom is 0.310 e. The highest BCUT2D eigenvalue weighted by molar-refractivity contribution is 5.85. The van der Waals surface area contributed by atoms with Gasteiger partial charge in [-0.1, -0.05) is 6.42 Å². The number of hydrogen-bond donors (Lipinski definition) is 1. The summed E-state index contributed by atoms with van der Waals surface area (Å²) in [5.74, 6) is -0.856. The minimum Gasteiger partial charge on any atom is -0.481 e. The number of hydrogen-bond acceptors (Lipinski definition) is 3. The predicted molar refractivity (Wildman–Crippen MR) is 55.9 cm³/mol. The third-order valence-corrected chi connectivity index (χ3v) is 3.62. The molecule has 0 unspecified atom stereocenters. The number of carboxylic acid groups (broad SMARTS) is 1. The van der Waals surface area contributed by atoms with Crippen LogP contribution >= 0.6 is 0 Å². The summed E-state index contributed by atoms with van der Waals surface area (Å²) in [7, 11) is 0. The quantitative estimate of drug-likeness (QED) is 0.762. The number of ether oxygens (including phenoxy) is 1. The van der Waals surface area contributed by atoms with Gasteiger partial charge >= 0.3 is 5.97 Å². The number of rotatable bonds is 3. The Labute approximate surface area is 94.4 Å². The van der Waals surface area contributed by atoms with Crippen LogP contribution in [0.4, 0.5) is 0 Å². The summed E-state index contributed by atoms with van der Waals surface area (Å²) in [4.78, 5) is 24.8. The summed E-state index contributed by atoms with van der Waals surface area (Å²) in [5, 5.41) is 9.14. The van der Waals surface area contributed by atoms with Crippen LogP contribution in [0.3, 0.4) is 0 Å². The number of carbonyl (C=O) groups excluding carboxylic acids is 1. The summed E-state index contributed by atoms with van der Waals surface area (Å²) in [6.45, 7) is 2.31. The van der Waals surface area contributed by atoms with Crippen LogP contribution in [-0.2, 0) is 14.3 Å². The van der Waals surface area contributed by atoms with Crippen LogP contribution in [0.1, 0.15) is 25.7 Å². The molecule has 1 aliphatic carbocycles. The van der Waals surface area contributed by atoms with E-state index in [1.807, 2.05) is 0 Å². The third-order valence-electron chi connectivity index (χ3n) is 3.62. The second kappa shape index (κ2) is 4.41. The van der Waals surface area contributed by atoms with Gasteiger partial charge in [-0.05, 0) is 12.8 Å². The molecule has 0 atom stereocenters. The maximum absolute atomic E-state index is 11.9. The number of nitrogens with zero attached hydrogens (tertiary/aromatic N) is 1. The number of morpholine rings is 1. The van der Waals surface area contributed by atoms with E-state index in [1.54, 1.807) is 4.90 Å². The van der Waals surface area contributed by atoms with Gasteiger partial charge in [0.05, 0.1) is 18.6 Å². The first-order valence-corrected chi connectivity index (χ1v) is 5.73. The van der Waals surface area contributed by atoms with E-state index in [-0.39, 0.29) is 12.3 Å². The first-order valence-electron chi connectivity index (χ1n) is 5.73. The lowest BCUT2D eigenvalue weighted by Crippen LogP contribution is -2.46. The van der Waals surface area contributed by atoms with E-state index in [0.717, 1.165) is 6.42 Å². The number of amides is 1. The molecular weight excluding hydrogens is 210 g/mol. The largest absolute Gasteiger partial charge is 0.481 e. The molecule has 0 spiro atoms. The molecule has 0 aromatic heterocycles. The molecule has 2 rings (SSSR count). The normalized spacial score (nSPS) is 23.6. The van der Waals surface area contributed by atoms with E-state index in [2.05, 4.69) is 0 Å². The van der Waals surface area contributed by atoms with Crippen molar-refractivity contribution in [1.29, 1.82) is 0 Å². The molecule has 0 bridgehead atoms. The zero-order valence-corrected chi connectivity index (χ0v) is 9.28. The van der Waals surface area contributed by atoms with Gasteiger partial charge in [0.2, 0.25) is 5.91 Å². The molecule has 1 amide bonds. The molecule has 1 saturated heterocycles. The van der Waals surface area contributed by atoms with Crippen LogP contribution < -0.4 is 0 Å². The lowest BCUT2D eigenvalue weighted by molar-refractivity contribution is -0.160. The fraction of sp³-hybridized carbons (Fsp3) is 0.818. The molecule has 1 N–H and O–H groups in total. The first-order chi connectivity index (χ1) is 7.64. The Morgan fingerprint density at radius 1 is 1.25 bits per heavy atom. The molecule has 0 aromatic carbocycles. The van der Waals surface area contributed by atoms with Crippen LogP contribution in [0, 0.1) is 5.41 Å². The molecule has 1 aliphatic heterocycles. The summed E-state index contributed by atoms with van der Waals surface area (Å²) in [5.41, 5.74) is -0.768. The number of carboxylic acids is 1. The van der Waals surface area contributed by atoms with Gasteiger partial charge in [0, 0.05) is 19.5 Å². The standard InChI is InChI=1S/C11H17NO4/c13-9(12-4-6-16-7-5-12)8-11(10(14)15)2-1-3-11/h1-8H2,(H,14,15). The second-order valence-electron chi connectivity index (χ2n) is 4.61. The number of aliphatic carboxylic acids is 1. The Balaban J connectivity index is 1.92. The summed E-state index contributed by atoms with van der Waals surface area (Å²) < 4.78 is 5.16. The monoisotopic (exact) mass is 227 g/mol. The Bertz CT molecular complexity index is 292. The van der Waals surface area contributed by atoms with E-state index in [4.69, 9.17) is 9.84 Å². The molecule has 0 aromatic rings. The highest BCUT2D eigenvalue weighted by atomic mass is 16.5. The van der Waals surface area contributed by atoms with Gasteiger partial charge in [-0.25, -0.2) is 0 Å². The molecule has 16 heavy (non-hydrogen) atoms. The first kappa shape index (κ1) is 11.4. The average Bonchev–Trinajstić information content (AvgIpc) is 2.24. The van der Waals surface area contributed by atoms with Gasteiger partial charge < -0.3 is 14.7 Å². The van der Waals surface area contributed by atoms with Gasteiger partial charge in [-0.2, -0.15) is 0 Å². The predicted octanol–water partition coefficient (Wildman–Crippen LogP) is 0.490. The maximum atomic E-state index is 11.9. The van der Waals surface area contributed by atoms with Crippen molar-refractivity contribution in [3.63, 3.8) is 0 Å². The molecule has 90 valence electrons. The minimum absolute atomic E-state index is 0.0367. The molecule has 1 heterocycles. The van der Waals surface area contributed by atoms with E-state index >= 15 is 0 Å². The summed E-state index contributed by atoms with van der Waals surface area (Å²) >= 11 is 0. The van der Waals surface area contributed by atoms with Crippen molar-refractivity contribution in [3.05, 3.63) is 0 Å². The molecule has 5 heteroatoms. The van der Waals surface area contributed by atoms with Gasteiger partial charge in [-0.3, -0.25) is 9.59 Å². The van der Waals surface area contributed by atoms with Crippen molar-refractivity contribution in [3.8, 4) is 0 Å². The lowest BCUT2D eigenvalue weighted by Gasteiger charge is -2.39. The number of carbonyl (C=O) groups is 2. The van der Waals surface area contributed by atoms with E-state index in [9.17, 15) is 9.59 Å². The van der Waals surface area contributed by atoms with Gasteiger partial charge in [-0.15, -0.1) is 0 Å². The minimum atomic E-state index is -0.819. The lowest BCUT2D eigenvalue weighted by atomic mass is 9.66. The third kappa shape index (κ3) is 2.04. The summed E-state index contributed by atoms with van der Waals surface area (Å²) in [6, 6.07) is 0. The van der Waals surface area contributed by atoms with E-state index < -0.39 is 11.4 Å². The molecule has 1 saturated carbocycles. The van der Waals surface area contributed by atoms with Crippen LogP contribution in [0.25, 0.3) is 0 Å². The van der Waals surface area contributed by atoms with E-state index in [0.29, 0.717) is 39.1 Å². The highest BCUT2D eigenvalue weighted by Crippen LogP contribution is 2.44. The Morgan fingerprint density at radius 2 is 1.88 bits per heavy atom. The van der Waals surface area contributed by atoms with Crippen molar-refractivity contribution in [1.82, 2.24) is 4.90 Å². The van der Waals surface area contributed by atoms with Crippen LogP contribution in [-0.4, -0.2) is 48.2 Å². The molecule has 2 fully saturated rings. The Kier molecular flexibility index (Phi) is 3.14. The van der Waals surface area contributed by atoms with Gasteiger partial charge in [0.25, 0.3) is 0 Å². The SMILES string of the molecule is O=C(CC1(C(=O)O)CCC1)N1CCOCC1. The molecule has 5 nitrogen and oxygen atoms in total. The second-order valence-corrected chi connectivity index (χ2v) is 4.61. The zero-order valence-electron chi connectivity index (χ0n) is 9.28. The average molecular weight is 227 g/mol. The molecule has 0 radical (unpaired) electrons. The Morgan fingerprint density at radius 3 is 2.31 bits per heavy atom. The van der Waals surface area contributed by atoms with Crippen molar-refractivity contribution in [2.75, 3.05) is 26.3 Å². The van der Waals surface area contributed by atoms with Crippen molar-refractivity contribution >= 4 is 11.9 Å². The highest BCUT2D eigenvalue weighted by Gasteiger charge is 2.46. The zero-order chi connectivity index (χ0) is 11.6. The fourth-order valence-corrected chi connectivity index (χ4v) is 2.28. The van der Waals surface area contributed by atoms with Crippen molar-refractivity contribution < 1.29 is 19.4 Å². The molecular formula is C11H17NO4.